The molecule has 0 aromatic heterocycles. The number of carbonyl (C=O) groups excluding carboxylic acids is 1. The molecular formula is C20H22ClN3O6S. The number of piperazine rings is 1. The van der Waals surface area contributed by atoms with Crippen LogP contribution in [0.3, 0.4) is 0 Å². The highest BCUT2D eigenvalue weighted by molar-refractivity contribution is 7.89. The molecule has 1 aliphatic heterocycles. The zero-order valence-electron chi connectivity index (χ0n) is 17.0. The minimum Gasteiger partial charge on any atom is -0.468 e. The minimum atomic E-state index is -3.92. The van der Waals surface area contributed by atoms with Gasteiger partial charge in [-0.15, -0.1) is 0 Å². The van der Waals surface area contributed by atoms with Gasteiger partial charge in [0.1, 0.15) is 6.04 Å². The van der Waals surface area contributed by atoms with Crippen molar-refractivity contribution in [1.29, 1.82) is 0 Å². The monoisotopic (exact) mass is 467 g/mol. The Labute approximate surface area is 185 Å². The zero-order valence-corrected chi connectivity index (χ0v) is 18.6. The van der Waals surface area contributed by atoms with Gasteiger partial charge in [-0.3, -0.25) is 15.0 Å². The Balaban J connectivity index is 1.82. The topological polar surface area (TPSA) is 110 Å². The van der Waals surface area contributed by atoms with Crippen LogP contribution in [0.15, 0.2) is 47.4 Å². The summed E-state index contributed by atoms with van der Waals surface area (Å²) in [6.45, 7) is 2.30. The molecule has 9 nitrogen and oxygen atoms in total. The van der Waals surface area contributed by atoms with Crippen LogP contribution < -0.4 is 0 Å². The van der Waals surface area contributed by atoms with E-state index in [1.807, 2.05) is 4.90 Å². The molecular weight excluding hydrogens is 446 g/mol. The van der Waals surface area contributed by atoms with E-state index in [2.05, 4.69) is 0 Å². The van der Waals surface area contributed by atoms with Crippen LogP contribution in [0.2, 0.25) is 5.02 Å². The fraction of sp³-hybridized carbons (Fsp3) is 0.350. The fourth-order valence-corrected chi connectivity index (χ4v) is 5.26. The number of hydrogen-bond donors (Lipinski definition) is 0. The highest BCUT2D eigenvalue weighted by Crippen LogP contribution is 2.31. The summed E-state index contributed by atoms with van der Waals surface area (Å²) in [5.41, 5.74) is 0.722. The molecule has 0 N–H and O–H groups in total. The number of halogens is 1. The highest BCUT2D eigenvalue weighted by Gasteiger charge is 2.36. The van der Waals surface area contributed by atoms with E-state index in [0.717, 1.165) is 6.07 Å². The molecule has 3 rings (SSSR count). The number of nitrogens with zero attached hydrogens (tertiary/aromatic N) is 3. The molecule has 0 radical (unpaired) electrons. The van der Waals surface area contributed by atoms with E-state index < -0.39 is 27.0 Å². The average molecular weight is 468 g/mol. The van der Waals surface area contributed by atoms with E-state index in [9.17, 15) is 23.3 Å². The van der Waals surface area contributed by atoms with Crippen molar-refractivity contribution in [3.05, 3.63) is 68.7 Å². The van der Waals surface area contributed by atoms with Gasteiger partial charge in [-0.25, -0.2) is 13.2 Å². The van der Waals surface area contributed by atoms with E-state index in [0.29, 0.717) is 16.1 Å². The predicted octanol–water partition coefficient (Wildman–Crippen LogP) is 2.78. The van der Waals surface area contributed by atoms with Gasteiger partial charge >= 0.3 is 5.97 Å². The molecule has 0 bridgehead atoms. The third-order valence-electron chi connectivity index (χ3n) is 5.28. The van der Waals surface area contributed by atoms with Crippen molar-refractivity contribution < 1.29 is 22.9 Å². The second kappa shape index (κ2) is 9.31. The van der Waals surface area contributed by atoms with Gasteiger partial charge in [-0.05, 0) is 24.6 Å². The number of rotatable bonds is 6. The van der Waals surface area contributed by atoms with Crippen LogP contribution in [-0.2, 0) is 19.6 Å². The third kappa shape index (κ3) is 4.72. The Morgan fingerprint density at radius 2 is 1.81 bits per heavy atom. The van der Waals surface area contributed by atoms with Crippen molar-refractivity contribution >= 4 is 33.3 Å². The van der Waals surface area contributed by atoms with Gasteiger partial charge in [0.2, 0.25) is 10.0 Å². The van der Waals surface area contributed by atoms with Gasteiger partial charge < -0.3 is 4.74 Å². The molecule has 1 heterocycles. The molecule has 2 aromatic carbocycles. The van der Waals surface area contributed by atoms with Crippen molar-refractivity contribution in [2.45, 2.75) is 17.9 Å². The molecule has 31 heavy (non-hydrogen) atoms. The molecule has 166 valence electrons. The molecule has 0 aliphatic carbocycles. The predicted molar refractivity (Wildman–Crippen MR) is 114 cm³/mol. The van der Waals surface area contributed by atoms with Gasteiger partial charge in [0, 0.05) is 42.8 Å². The van der Waals surface area contributed by atoms with Crippen LogP contribution in [0.5, 0.6) is 0 Å². The standard InChI is InChI=1S/C20H22ClN3O6S/c1-14-7-8-15(13-18(14)24(26)27)31(28,29)23-11-9-22(10-12-23)19(20(25)30-2)16-5-3-4-6-17(16)21/h3-8,13,19H,9-12H2,1-2H3. The molecule has 0 saturated carbocycles. The van der Waals surface area contributed by atoms with Crippen LogP contribution in [0.1, 0.15) is 17.2 Å². The Hall–Kier alpha value is -2.53. The summed E-state index contributed by atoms with van der Waals surface area (Å²) in [6.07, 6.45) is 0. The Morgan fingerprint density at radius 3 is 2.39 bits per heavy atom. The third-order valence-corrected chi connectivity index (χ3v) is 7.52. The Bertz CT molecular complexity index is 1100. The SMILES string of the molecule is COC(=O)C(c1ccccc1Cl)N1CCN(S(=O)(=O)c2ccc(C)c([N+](=O)[O-])c2)CC1. The summed E-state index contributed by atoms with van der Waals surface area (Å²) >= 11 is 6.28. The number of carbonyl (C=O) groups is 1. The smallest absolute Gasteiger partial charge is 0.327 e. The molecule has 1 saturated heterocycles. The Kier molecular flexibility index (Phi) is 6.95. The molecule has 0 amide bonds. The Morgan fingerprint density at radius 1 is 1.16 bits per heavy atom. The first-order valence-corrected chi connectivity index (χ1v) is 11.3. The fourth-order valence-electron chi connectivity index (χ4n) is 3.58. The zero-order chi connectivity index (χ0) is 22.8. The molecule has 1 fully saturated rings. The number of sulfonamides is 1. The number of ether oxygens (including phenoxy) is 1. The van der Waals surface area contributed by atoms with Crippen molar-refractivity contribution in [2.24, 2.45) is 0 Å². The van der Waals surface area contributed by atoms with Crippen molar-refractivity contribution in [3.8, 4) is 0 Å². The summed E-state index contributed by atoms with van der Waals surface area (Å²) in [6, 6.07) is 10.0. The highest BCUT2D eigenvalue weighted by atomic mass is 35.5. The summed E-state index contributed by atoms with van der Waals surface area (Å²) in [5, 5.41) is 11.6. The second-order valence-electron chi connectivity index (χ2n) is 7.09. The number of nitro benzene ring substituents is 1. The average Bonchev–Trinajstić information content (AvgIpc) is 2.75. The number of esters is 1. The largest absolute Gasteiger partial charge is 0.468 e. The maximum atomic E-state index is 13.0. The van der Waals surface area contributed by atoms with Crippen molar-refractivity contribution in [2.75, 3.05) is 33.3 Å². The van der Waals surface area contributed by atoms with Gasteiger partial charge in [-0.2, -0.15) is 4.31 Å². The minimum absolute atomic E-state index is 0.113. The first-order chi connectivity index (χ1) is 14.7. The molecule has 1 aliphatic rings. The summed E-state index contributed by atoms with van der Waals surface area (Å²) < 4.78 is 32.3. The van der Waals surface area contributed by atoms with E-state index in [4.69, 9.17) is 16.3 Å². The van der Waals surface area contributed by atoms with E-state index in [-0.39, 0.29) is 36.8 Å². The number of nitro groups is 1. The molecule has 0 spiro atoms. The van der Waals surface area contributed by atoms with Crippen LogP contribution in [-0.4, -0.2) is 61.8 Å². The maximum Gasteiger partial charge on any atom is 0.327 e. The van der Waals surface area contributed by atoms with Gasteiger partial charge in [0.05, 0.1) is 16.9 Å². The van der Waals surface area contributed by atoms with Crippen LogP contribution in [0, 0.1) is 17.0 Å². The number of aryl methyl sites for hydroxylation is 1. The molecule has 2 aromatic rings. The van der Waals surface area contributed by atoms with Crippen LogP contribution in [0.4, 0.5) is 5.69 Å². The number of methoxy groups -OCH3 is 1. The quantitative estimate of drug-likeness (QED) is 0.365. The van der Waals surface area contributed by atoms with E-state index in [1.54, 1.807) is 31.2 Å². The maximum absolute atomic E-state index is 13.0. The van der Waals surface area contributed by atoms with Crippen LogP contribution in [0.25, 0.3) is 0 Å². The molecule has 1 unspecified atom stereocenters. The summed E-state index contributed by atoms with van der Waals surface area (Å²) in [5.74, 6) is -0.487. The van der Waals surface area contributed by atoms with Crippen molar-refractivity contribution in [3.63, 3.8) is 0 Å². The summed E-state index contributed by atoms with van der Waals surface area (Å²) in [7, 11) is -2.63. The van der Waals surface area contributed by atoms with Crippen LogP contribution >= 0.6 is 11.6 Å². The number of benzene rings is 2. The van der Waals surface area contributed by atoms with E-state index >= 15 is 0 Å². The van der Waals surface area contributed by atoms with E-state index in [1.165, 1.54) is 23.5 Å². The lowest BCUT2D eigenvalue weighted by Crippen LogP contribution is -2.51. The van der Waals surface area contributed by atoms with Crippen molar-refractivity contribution in [1.82, 2.24) is 9.21 Å². The second-order valence-corrected chi connectivity index (χ2v) is 9.44. The van der Waals surface area contributed by atoms with Gasteiger partial charge in [-0.1, -0.05) is 35.9 Å². The van der Waals surface area contributed by atoms with Gasteiger partial charge in [0.25, 0.3) is 5.69 Å². The normalized spacial score (nSPS) is 16.6. The lowest BCUT2D eigenvalue weighted by Gasteiger charge is -2.37. The lowest BCUT2D eigenvalue weighted by atomic mass is 10.0. The molecule has 1 atom stereocenters. The first-order valence-electron chi connectivity index (χ1n) is 9.48. The first kappa shape index (κ1) is 23.1. The summed E-state index contributed by atoms with van der Waals surface area (Å²) in [4.78, 5) is 24.7. The number of hydrogen-bond acceptors (Lipinski definition) is 7. The lowest BCUT2D eigenvalue weighted by molar-refractivity contribution is -0.385. The molecule has 11 heteroatoms. The van der Waals surface area contributed by atoms with Gasteiger partial charge in [0.15, 0.2) is 0 Å².